The van der Waals surface area contributed by atoms with Gasteiger partial charge in [-0.2, -0.15) is 0 Å². The number of carbonyl (C=O) groups is 1. The smallest absolute Gasteiger partial charge is 0.266 e. The molecule has 0 saturated carbocycles. The van der Waals surface area contributed by atoms with E-state index in [0.717, 1.165) is 44.5 Å². The maximum atomic E-state index is 14.5. The van der Waals surface area contributed by atoms with Crippen molar-refractivity contribution in [3.05, 3.63) is 162 Å². The topological polar surface area (TPSA) is 92.2 Å². The molecule has 2 aliphatic rings. The van der Waals surface area contributed by atoms with Crippen LogP contribution in [0.1, 0.15) is 47.2 Å². The predicted octanol–water partition coefficient (Wildman–Crippen LogP) is 7.34. The van der Waals surface area contributed by atoms with Gasteiger partial charge in [-0.25, -0.2) is 10.4 Å². The largest absolute Gasteiger partial charge is 0.494 e. The monoisotopic (exact) mass is 635 g/mol. The summed E-state index contributed by atoms with van der Waals surface area (Å²) in [5.74, 6) is 0.721. The summed E-state index contributed by atoms with van der Waals surface area (Å²) in [6, 6.07) is 41.9. The zero-order valence-corrected chi connectivity index (χ0v) is 26.5. The van der Waals surface area contributed by atoms with Crippen molar-refractivity contribution in [2.45, 2.75) is 30.5 Å². The van der Waals surface area contributed by atoms with Crippen LogP contribution in [-0.4, -0.2) is 35.7 Å². The highest BCUT2D eigenvalue weighted by Crippen LogP contribution is 2.45. The molecule has 0 spiro atoms. The zero-order chi connectivity index (χ0) is 32.9. The number of hydrazine groups is 1. The Labute approximate surface area is 280 Å². The number of carbonyl (C=O) groups excluding carboxylic acids is 1. The standard InChI is InChI=1S/C41H37N3O4/c1-2-25-41(40(46)44-43-37-35-15-8-6-13-33(35)34-14-7-9-16-36(34)37)38(30-19-17-29(18-20-30)28-11-4-3-5-12-28)48-39(42-41)31-21-23-32(24-22-31)47-27-10-26-45/h2-9,11-24,37-38,43,45H,1,10,25-27H2,(H,44,46)/t38-,41-/m0/s1. The third kappa shape index (κ3) is 5.90. The van der Waals surface area contributed by atoms with Crippen molar-refractivity contribution in [1.29, 1.82) is 0 Å². The molecule has 48 heavy (non-hydrogen) atoms. The summed E-state index contributed by atoms with van der Waals surface area (Å²) < 4.78 is 12.4. The fraction of sp³-hybridized carbons (Fsp3) is 0.171. The molecule has 240 valence electrons. The lowest BCUT2D eigenvalue weighted by molar-refractivity contribution is -0.130. The lowest BCUT2D eigenvalue weighted by Gasteiger charge is -2.30. The SMILES string of the molecule is C=CC[C@]1(C(=O)NNC2c3ccccc3-c3ccccc32)N=C(c2ccc(OCCCO)cc2)O[C@H]1c1ccc(-c2ccccc2)cc1. The Bertz CT molecular complexity index is 1890. The molecule has 0 saturated heterocycles. The first-order valence-corrected chi connectivity index (χ1v) is 16.2. The van der Waals surface area contributed by atoms with Crippen molar-refractivity contribution >= 4 is 11.8 Å². The summed E-state index contributed by atoms with van der Waals surface area (Å²) in [6.45, 7) is 4.50. The lowest BCUT2D eigenvalue weighted by Crippen LogP contribution is -2.53. The van der Waals surface area contributed by atoms with Gasteiger partial charge in [-0.15, -0.1) is 6.58 Å². The molecule has 7 heteroatoms. The van der Waals surface area contributed by atoms with Crippen LogP contribution in [0.25, 0.3) is 22.3 Å². The molecule has 5 aromatic carbocycles. The maximum Gasteiger partial charge on any atom is 0.266 e. The molecule has 5 aromatic rings. The van der Waals surface area contributed by atoms with Gasteiger partial charge in [-0.1, -0.05) is 109 Å². The number of ether oxygens (including phenoxy) is 2. The van der Waals surface area contributed by atoms with Gasteiger partial charge in [0.25, 0.3) is 5.91 Å². The normalized spacial score (nSPS) is 17.9. The molecule has 0 radical (unpaired) electrons. The second-order valence-electron chi connectivity index (χ2n) is 12.0. The molecule has 7 nitrogen and oxygen atoms in total. The molecule has 1 amide bonds. The highest BCUT2D eigenvalue weighted by molar-refractivity contribution is 6.01. The Morgan fingerprint density at radius 1 is 0.812 bits per heavy atom. The first-order chi connectivity index (χ1) is 23.6. The number of nitrogens with zero attached hydrogens (tertiary/aromatic N) is 1. The van der Waals surface area contributed by atoms with Crippen molar-refractivity contribution in [2.75, 3.05) is 13.2 Å². The minimum Gasteiger partial charge on any atom is -0.494 e. The van der Waals surface area contributed by atoms with E-state index in [1.54, 1.807) is 6.08 Å². The third-order valence-electron chi connectivity index (χ3n) is 8.97. The summed E-state index contributed by atoms with van der Waals surface area (Å²) in [4.78, 5) is 19.6. The van der Waals surface area contributed by atoms with Crippen LogP contribution >= 0.6 is 0 Å². The van der Waals surface area contributed by atoms with Gasteiger partial charge >= 0.3 is 0 Å². The van der Waals surface area contributed by atoms with Crippen LogP contribution in [0, 0.1) is 0 Å². The van der Waals surface area contributed by atoms with Crippen molar-refractivity contribution in [2.24, 2.45) is 4.99 Å². The molecular formula is C41H37N3O4. The maximum absolute atomic E-state index is 14.5. The molecule has 1 aliphatic heterocycles. The number of amides is 1. The number of hydrogen-bond acceptors (Lipinski definition) is 6. The molecule has 1 heterocycles. The third-order valence-corrected chi connectivity index (χ3v) is 8.97. The van der Waals surface area contributed by atoms with E-state index < -0.39 is 11.6 Å². The average Bonchev–Trinajstić information content (AvgIpc) is 3.68. The fourth-order valence-electron chi connectivity index (χ4n) is 6.57. The number of nitrogens with one attached hydrogen (secondary N) is 2. The van der Waals surface area contributed by atoms with Crippen LogP contribution in [0.3, 0.4) is 0 Å². The van der Waals surface area contributed by atoms with Crippen molar-refractivity contribution < 1.29 is 19.4 Å². The Balaban J connectivity index is 1.22. The summed E-state index contributed by atoms with van der Waals surface area (Å²) in [5, 5.41) is 9.09. The van der Waals surface area contributed by atoms with Gasteiger partial charge in [0.2, 0.25) is 5.90 Å². The van der Waals surface area contributed by atoms with E-state index in [4.69, 9.17) is 19.6 Å². The van der Waals surface area contributed by atoms with Gasteiger partial charge in [0.1, 0.15) is 5.75 Å². The van der Waals surface area contributed by atoms with Gasteiger partial charge in [-0.05, 0) is 63.2 Å². The number of fused-ring (bicyclic) bond motifs is 3. The average molecular weight is 636 g/mol. The molecule has 0 fully saturated rings. The van der Waals surface area contributed by atoms with E-state index in [9.17, 15) is 4.79 Å². The number of rotatable bonds is 12. The van der Waals surface area contributed by atoms with Gasteiger partial charge in [0.15, 0.2) is 11.6 Å². The van der Waals surface area contributed by atoms with Crippen LogP contribution in [0.4, 0.5) is 0 Å². The van der Waals surface area contributed by atoms with Crippen LogP contribution in [0.2, 0.25) is 0 Å². The first kappa shape index (κ1) is 31.1. The Hall–Kier alpha value is -5.50. The Kier molecular flexibility index (Phi) is 8.88. The minimum absolute atomic E-state index is 0.0680. The molecule has 2 atom stereocenters. The van der Waals surface area contributed by atoms with Crippen molar-refractivity contribution in [3.8, 4) is 28.0 Å². The first-order valence-electron chi connectivity index (χ1n) is 16.2. The minimum atomic E-state index is -1.34. The molecule has 7 rings (SSSR count). The summed E-state index contributed by atoms with van der Waals surface area (Å²) in [5.41, 5.74) is 13.3. The molecule has 3 N–H and O–H groups in total. The molecule has 0 aromatic heterocycles. The van der Waals surface area contributed by atoms with E-state index in [-0.39, 0.29) is 25.0 Å². The van der Waals surface area contributed by atoms with E-state index in [2.05, 4.69) is 53.8 Å². The number of benzene rings is 5. The molecule has 0 unspecified atom stereocenters. The highest BCUT2D eigenvalue weighted by atomic mass is 16.5. The fourth-order valence-corrected chi connectivity index (χ4v) is 6.57. The predicted molar refractivity (Wildman–Crippen MR) is 188 cm³/mol. The zero-order valence-electron chi connectivity index (χ0n) is 26.5. The lowest BCUT2D eigenvalue weighted by atomic mass is 9.84. The van der Waals surface area contributed by atoms with E-state index in [1.165, 1.54) is 0 Å². The number of hydrogen-bond donors (Lipinski definition) is 3. The van der Waals surface area contributed by atoms with Crippen LogP contribution < -0.4 is 15.6 Å². The van der Waals surface area contributed by atoms with Crippen LogP contribution in [0.15, 0.2) is 145 Å². The van der Waals surface area contributed by atoms with Crippen molar-refractivity contribution in [3.63, 3.8) is 0 Å². The Morgan fingerprint density at radius 3 is 2.06 bits per heavy atom. The number of aliphatic hydroxyl groups excluding tert-OH is 1. The Morgan fingerprint density at radius 2 is 1.42 bits per heavy atom. The highest BCUT2D eigenvalue weighted by Gasteiger charge is 2.52. The van der Waals surface area contributed by atoms with E-state index in [0.29, 0.717) is 24.7 Å². The van der Waals surface area contributed by atoms with E-state index >= 15 is 0 Å². The quantitative estimate of drug-likeness (QED) is 0.0758. The van der Waals surface area contributed by atoms with Gasteiger partial charge in [0.05, 0.1) is 12.6 Å². The molecule has 0 bridgehead atoms. The van der Waals surface area contributed by atoms with Crippen molar-refractivity contribution in [1.82, 2.24) is 10.9 Å². The molecular weight excluding hydrogens is 598 g/mol. The number of aliphatic imine (C=N–C) groups is 1. The summed E-state index contributed by atoms with van der Waals surface area (Å²) in [7, 11) is 0. The summed E-state index contributed by atoms with van der Waals surface area (Å²) in [6.07, 6.45) is 1.79. The second-order valence-corrected chi connectivity index (χ2v) is 12.0. The molecule has 1 aliphatic carbocycles. The van der Waals surface area contributed by atoms with Gasteiger partial charge in [0, 0.05) is 25.0 Å². The van der Waals surface area contributed by atoms with E-state index in [1.807, 2.05) is 91.0 Å². The van der Waals surface area contributed by atoms with Crippen LogP contribution in [0.5, 0.6) is 5.75 Å². The van der Waals surface area contributed by atoms with Gasteiger partial charge in [-0.3, -0.25) is 10.2 Å². The van der Waals surface area contributed by atoms with Crippen LogP contribution in [-0.2, 0) is 9.53 Å². The van der Waals surface area contributed by atoms with Gasteiger partial charge < -0.3 is 14.6 Å². The number of aliphatic hydroxyl groups is 1. The second kappa shape index (κ2) is 13.7. The summed E-state index contributed by atoms with van der Waals surface area (Å²) >= 11 is 0.